The SMILES string of the molecule is CC#CCCNC(=O)C1(CC)CCCC1. The second-order valence-electron chi connectivity index (χ2n) is 4.27. The molecule has 0 atom stereocenters. The number of hydrogen-bond acceptors (Lipinski definition) is 1. The summed E-state index contributed by atoms with van der Waals surface area (Å²) in [6, 6.07) is 0. The number of rotatable bonds is 4. The van der Waals surface area contributed by atoms with Crippen LogP contribution in [0.5, 0.6) is 0 Å². The average molecular weight is 207 g/mol. The molecule has 0 aromatic rings. The van der Waals surface area contributed by atoms with E-state index >= 15 is 0 Å². The molecule has 0 aliphatic heterocycles. The highest BCUT2D eigenvalue weighted by Gasteiger charge is 2.38. The quantitative estimate of drug-likeness (QED) is 0.557. The zero-order chi connectivity index (χ0) is 11.1. The van der Waals surface area contributed by atoms with E-state index < -0.39 is 0 Å². The fourth-order valence-electron chi connectivity index (χ4n) is 2.34. The summed E-state index contributed by atoms with van der Waals surface area (Å²) in [6.07, 6.45) is 6.27. The third-order valence-electron chi connectivity index (χ3n) is 3.43. The Morgan fingerprint density at radius 2 is 2.07 bits per heavy atom. The van der Waals surface area contributed by atoms with Crippen molar-refractivity contribution >= 4 is 5.91 Å². The lowest BCUT2D eigenvalue weighted by Gasteiger charge is -2.25. The van der Waals surface area contributed by atoms with Crippen LogP contribution in [0.1, 0.15) is 52.4 Å². The minimum absolute atomic E-state index is 0.0559. The molecule has 0 aromatic heterocycles. The van der Waals surface area contributed by atoms with Gasteiger partial charge in [0.1, 0.15) is 0 Å². The summed E-state index contributed by atoms with van der Waals surface area (Å²) in [5, 5.41) is 3.01. The van der Waals surface area contributed by atoms with Crippen LogP contribution in [0.3, 0.4) is 0 Å². The smallest absolute Gasteiger partial charge is 0.226 e. The highest BCUT2D eigenvalue weighted by Crippen LogP contribution is 2.40. The lowest BCUT2D eigenvalue weighted by atomic mass is 9.82. The highest BCUT2D eigenvalue weighted by molar-refractivity contribution is 5.82. The minimum Gasteiger partial charge on any atom is -0.355 e. The van der Waals surface area contributed by atoms with Crippen molar-refractivity contribution in [2.24, 2.45) is 5.41 Å². The lowest BCUT2D eigenvalue weighted by molar-refractivity contribution is -0.130. The fraction of sp³-hybridized carbons (Fsp3) is 0.769. The Balaban J connectivity index is 2.39. The third kappa shape index (κ3) is 2.99. The van der Waals surface area contributed by atoms with Crippen molar-refractivity contribution < 1.29 is 4.79 Å². The summed E-state index contributed by atoms with van der Waals surface area (Å²) in [4.78, 5) is 12.0. The largest absolute Gasteiger partial charge is 0.355 e. The summed E-state index contributed by atoms with van der Waals surface area (Å²) in [5.74, 6) is 6.04. The van der Waals surface area contributed by atoms with E-state index in [4.69, 9.17) is 0 Å². The van der Waals surface area contributed by atoms with Gasteiger partial charge < -0.3 is 5.32 Å². The number of amides is 1. The summed E-state index contributed by atoms with van der Waals surface area (Å²) in [7, 11) is 0. The van der Waals surface area contributed by atoms with Gasteiger partial charge >= 0.3 is 0 Å². The maximum Gasteiger partial charge on any atom is 0.226 e. The van der Waals surface area contributed by atoms with Crippen molar-refractivity contribution in [2.45, 2.75) is 52.4 Å². The van der Waals surface area contributed by atoms with Crippen molar-refractivity contribution in [1.82, 2.24) is 5.32 Å². The first kappa shape index (κ1) is 12.1. The molecule has 0 saturated heterocycles. The van der Waals surface area contributed by atoms with Gasteiger partial charge in [0.05, 0.1) is 0 Å². The van der Waals surface area contributed by atoms with E-state index in [9.17, 15) is 4.79 Å². The van der Waals surface area contributed by atoms with Crippen LogP contribution < -0.4 is 5.32 Å². The fourth-order valence-corrected chi connectivity index (χ4v) is 2.34. The van der Waals surface area contributed by atoms with Crippen molar-refractivity contribution in [2.75, 3.05) is 6.54 Å². The first-order valence-electron chi connectivity index (χ1n) is 5.93. The van der Waals surface area contributed by atoms with Crippen LogP contribution in [0.15, 0.2) is 0 Å². The van der Waals surface area contributed by atoms with Gasteiger partial charge in [0.15, 0.2) is 0 Å². The van der Waals surface area contributed by atoms with Gasteiger partial charge in [-0.05, 0) is 26.2 Å². The molecule has 1 saturated carbocycles. The van der Waals surface area contributed by atoms with Gasteiger partial charge in [0.2, 0.25) is 5.91 Å². The van der Waals surface area contributed by atoms with Crippen LogP contribution in [0, 0.1) is 17.3 Å². The Hall–Kier alpha value is -0.970. The van der Waals surface area contributed by atoms with Gasteiger partial charge in [-0.15, -0.1) is 11.8 Å². The standard InChI is InChI=1S/C13H21NO/c1-3-5-8-11-14-12(15)13(4-2)9-6-7-10-13/h4,6-11H2,1-2H3,(H,14,15). The predicted molar refractivity (Wildman–Crippen MR) is 62.3 cm³/mol. The molecule has 15 heavy (non-hydrogen) atoms. The Morgan fingerprint density at radius 3 is 2.60 bits per heavy atom. The van der Waals surface area contributed by atoms with Crippen molar-refractivity contribution in [3.63, 3.8) is 0 Å². The van der Waals surface area contributed by atoms with Crippen LogP contribution in [0.2, 0.25) is 0 Å². The van der Waals surface area contributed by atoms with Gasteiger partial charge in [-0.1, -0.05) is 19.8 Å². The number of carbonyl (C=O) groups is 1. The summed E-state index contributed by atoms with van der Waals surface area (Å²) in [6.45, 7) is 4.64. The molecule has 1 aliphatic carbocycles. The second kappa shape index (κ2) is 5.80. The first-order valence-corrected chi connectivity index (χ1v) is 5.93. The Labute approximate surface area is 92.8 Å². The molecule has 0 unspecified atom stereocenters. The predicted octanol–water partition coefficient (Wildman–Crippen LogP) is 2.49. The Bertz CT molecular complexity index is 266. The Kier molecular flexibility index (Phi) is 4.68. The van der Waals surface area contributed by atoms with E-state index in [2.05, 4.69) is 24.1 Å². The first-order chi connectivity index (χ1) is 7.25. The normalized spacial score (nSPS) is 18.0. The maximum absolute atomic E-state index is 12.0. The van der Waals surface area contributed by atoms with E-state index in [1.54, 1.807) is 0 Å². The molecule has 2 nitrogen and oxygen atoms in total. The van der Waals surface area contributed by atoms with Crippen LogP contribution in [0.25, 0.3) is 0 Å². The van der Waals surface area contributed by atoms with Crippen LogP contribution in [-0.2, 0) is 4.79 Å². The van der Waals surface area contributed by atoms with E-state index in [1.807, 2.05) is 6.92 Å². The van der Waals surface area contributed by atoms with Crippen LogP contribution in [-0.4, -0.2) is 12.5 Å². The van der Waals surface area contributed by atoms with E-state index in [0.717, 1.165) is 25.7 Å². The second-order valence-corrected chi connectivity index (χ2v) is 4.27. The van der Waals surface area contributed by atoms with Crippen molar-refractivity contribution in [3.8, 4) is 11.8 Å². The molecule has 1 fully saturated rings. The number of carbonyl (C=O) groups excluding carboxylic acids is 1. The molecular weight excluding hydrogens is 186 g/mol. The van der Waals surface area contributed by atoms with E-state index in [0.29, 0.717) is 6.54 Å². The third-order valence-corrected chi connectivity index (χ3v) is 3.43. The molecule has 84 valence electrons. The molecule has 1 rings (SSSR count). The molecule has 0 radical (unpaired) electrons. The molecule has 1 aliphatic rings. The summed E-state index contributed by atoms with van der Waals surface area (Å²) < 4.78 is 0. The van der Waals surface area contributed by atoms with Gasteiger partial charge in [-0.3, -0.25) is 4.79 Å². The molecule has 0 bridgehead atoms. The zero-order valence-electron chi connectivity index (χ0n) is 9.86. The van der Waals surface area contributed by atoms with Gasteiger partial charge in [0, 0.05) is 18.4 Å². The van der Waals surface area contributed by atoms with Gasteiger partial charge in [-0.25, -0.2) is 0 Å². The van der Waals surface area contributed by atoms with Crippen molar-refractivity contribution in [3.05, 3.63) is 0 Å². The zero-order valence-corrected chi connectivity index (χ0v) is 9.86. The molecule has 0 spiro atoms. The van der Waals surface area contributed by atoms with E-state index in [-0.39, 0.29) is 11.3 Å². The number of nitrogens with one attached hydrogen (secondary N) is 1. The molecule has 0 aromatic carbocycles. The molecular formula is C13H21NO. The molecule has 1 amide bonds. The van der Waals surface area contributed by atoms with E-state index in [1.165, 1.54) is 12.8 Å². The van der Waals surface area contributed by atoms with Gasteiger partial charge in [-0.2, -0.15) is 0 Å². The maximum atomic E-state index is 12.0. The summed E-state index contributed by atoms with van der Waals surface area (Å²) in [5.41, 5.74) is -0.0559. The number of hydrogen-bond donors (Lipinski definition) is 1. The molecule has 0 heterocycles. The lowest BCUT2D eigenvalue weighted by Crippen LogP contribution is -2.39. The highest BCUT2D eigenvalue weighted by atomic mass is 16.2. The monoisotopic (exact) mass is 207 g/mol. The average Bonchev–Trinajstić information content (AvgIpc) is 2.74. The topological polar surface area (TPSA) is 29.1 Å². The van der Waals surface area contributed by atoms with Crippen LogP contribution in [0.4, 0.5) is 0 Å². The molecule has 2 heteroatoms. The Morgan fingerprint density at radius 1 is 1.40 bits per heavy atom. The van der Waals surface area contributed by atoms with Crippen LogP contribution >= 0.6 is 0 Å². The van der Waals surface area contributed by atoms with Crippen molar-refractivity contribution in [1.29, 1.82) is 0 Å². The summed E-state index contributed by atoms with van der Waals surface area (Å²) >= 11 is 0. The van der Waals surface area contributed by atoms with Gasteiger partial charge in [0.25, 0.3) is 0 Å². The minimum atomic E-state index is -0.0559. The molecule has 1 N–H and O–H groups in total.